The fourth-order valence-corrected chi connectivity index (χ4v) is 4.11. The average Bonchev–Trinajstić information content (AvgIpc) is 3.09. The van der Waals surface area contributed by atoms with Gasteiger partial charge in [-0.3, -0.25) is 14.5 Å². The summed E-state index contributed by atoms with van der Waals surface area (Å²) in [4.78, 5) is 44.6. The Morgan fingerprint density at radius 2 is 1.23 bits per heavy atom. The maximum Gasteiger partial charge on any atom is 0.434 e. The first kappa shape index (κ1) is 21.6. The number of amides is 3. The number of hydroxylamine groups is 2. The molecule has 31 heavy (non-hydrogen) atoms. The first-order valence-corrected chi connectivity index (χ1v) is 10.8. The van der Waals surface area contributed by atoms with Crippen molar-refractivity contribution in [2.45, 2.75) is 18.9 Å². The van der Waals surface area contributed by atoms with Crippen LogP contribution in [0.3, 0.4) is 0 Å². The molecule has 2 aromatic rings. The molecule has 2 aliphatic rings. The zero-order chi connectivity index (χ0) is 22.0. The number of piperazine rings is 1. The topological polar surface area (TPSA) is 70.2 Å². The van der Waals surface area contributed by atoms with Gasteiger partial charge in [-0.25, -0.2) is 4.79 Å². The smallest absolute Gasteiger partial charge is 0.311 e. The highest BCUT2D eigenvalue weighted by Crippen LogP contribution is 2.31. The lowest BCUT2D eigenvalue weighted by Gasteiger charge is -2.39. The zero-order valence-corrected chi connectivity index (χ0v) is 18.2. The van der Waals surface area contributed by atoms with Crippen molar-refractivity contribution in [3.8, 4) is 0 Å². The van der Waals surface area contributed by atoms with Crippen LogP contribution in [0.2, 0.25) is 10.0 Å². The van der Waals surface area contributed by atoms with Crippen LogP contribution < -0.4 is 0 Å². The number of hydrogen-bond donors (Lipinski definition) is 0. The molecular formula is C22H21Cl2N3O4. The van der Waals surface area contributed by atoms with Crippen molar-refractivity contribution in [1.82, 2.24) is 14.9 Å². The van der Waals surface area contributed by atoms with E-state index in [1.165, 1.54) is 4.90 Å². The Morgan fingerprint density at radius 3 is 1.68 bits per heavy atom. The van der Waals surface area contributed by atoms with Crippen LogP contribution >= 0.6 is 23.2 Å². The molecule has 9 heteroatoms. The van der Waals surface area contributed by atoms with Crippen molar-refractivity contribution in [3.05, 3.63) is 69.7 Å². The molecule has 0 aromatic heterocycles. The van der Waals surface area contributed by atoms with Gasteiger partial charge < -0.3 is 9.74 Å². The lowest BCUT2D eigenvalue weighted by Crippen LogP contribution is -2.51. The van der Waals surface area contributed by atoms with Crippen LogP contribution in [0.15, 0.2) is 48.5 Å². The monoisotopic (exact) mass is 461 g/mol. The van der Waals surface area contributed by atoms with Crippen molar-refractivity contribution >= 4 is 41.1 Å². The molecule has 2 fully saturated rings. The summed E-state index contributed by atoms with van der Waals surface area (Å²) >= 11 is 12.1. The molecule has 7 nitrogen and oxygen atoms in total. The van der Waals surface area contributed by atoms with Gasteiger partial charge in [-0.2, -0.15) is 0 Å². The fraction of sp³-hybridized carbons (Fsp3) is 0.318. The third-order valence-corrected chi connectivity index (χ3v) is 5.99. The van der Waals surface area contributed by atoms with E-state index in [2.05, 4.69) is 4.90 Å². The lowest BCUT2D eigenvalue weighted by atomic mass is 9.96. The summed E-state index contributed by atoms with van der Waals surface area (Å²) < 4.78 is 0. The Balaban J connectivity index is 1.46. The Labute approximate surface area is 190 Å². The summed E-state index contributed by atoms with van der Waals surface area (Å²) in [7, 11) is 0. The molecule has 2 saturated heterocycles. The first-order valence-electron chi connectivity index (χ1n) is 10.00. The van der Waals surface area contributed by atoms with Crippen molar-refractivity contribution in [3.63, 3.8) is 0 Å². The summed E-state index contributed by atoms with van der Waals surface area (Å²) in [5, 5.41) is 1.91. The quantitative estimate of drug-likeness (QED) is 0.645. The Bertz CT molecular complexity index is 912. The van der Waals surface area contributed by atoms with E-state index in [1.54, 1.807) is 0 Å². The Hall–Kier alpha value is -2.61. The molecule has 0 N–H and O–H groups in total. The van der Waals surface area contributed by atoms with Crippen molar-refractivity contribution in [2.24, 2.45) is 0 Å². The highest BCUT2D eigenvalue weighted by Gasteiger charge is 2.35. The minimum Gasteiger partial charge on any atom is -0.311 e. The zero-order valence-electron chi connectivity index (χ0n) is 16.7. The molecule has 0 atom stereocenters. The van der Waals surface area contributed by atoms with E-state index < -0.39 is 17.9 Å². The van der Waals surface area contributed by atoms with Crippen LogP contribution in [-0.2, 0) is 14.4 Å². The van der Waals surface area contributed by atoms with E-state index in [1.807, 2.05) is 48.5 Å². The van der Waals surface area contributed by atoms with Gasteiger partial charge >= 0.3 is 6.09 Å². The van der Waals surface area contributed by atoms with E-state index in [0.29, 0.717) is 41.3 Å². The highest BCUT2D eigenvalue weighted by molar-refractivity contribution is 6.30. The Morgan fingerprint density at radius 1 is 0.774 bits per heavy atom. The van der Waals surface area contributed by atoms with Crippen LogP contribution in [0.1, 0.15) is 30.0 Å². The molecule has 3 amide bonds. The van der Waals surface area contributed by atoms with Gasteiger partial charge in [-0.15, -0.1) is 5.06 Å². The average molecular weight is 462 g/mol. The SMILES string of the molecule is O=C(ON1C(=O)CCC1=O)N1CCN(C(c2ccc(Cl)cc2)c2ccc(Cl)cc2)CC1. The second kappa shape index (κ2) is 9.26. The molecule has 0 aliphatic carbocycles. The molecule has 4 rings (SSSR count). The third-order valence-electron chi connectivity index (χ3n) is 5.48. The number of carbonyl (C=O) groups is 3. The minimum atomic E-state index is -0.683. The van der Waals surface area contributed by atoms with E-state index >= 15 is 0 Å². The van der Waals surface area contributed by atoms with E-state index in [0.717, 1.165) is 11.1 Å². The number of nitrogens with zero attached hydrogens (tertiary/aromatic N) is 3. The molecule has 0 unspecified atom stereocenters. The van der Waals surface area contributed by atoms with Crippen LogP contribution in [-0.4, -0.2) is 58.9 Å². The van der Waals surface area contributed by atoms with E-state index in [9.17, 15) is 14.4 Å². The van der Waals surface area contributed by atoms with Gasteiger partial charge in [0.05, 0.1) is 6.04 Å². The predicted molar refractivity (Wildman–Crippen MR) is 115 cm³/mol. The van der Waals surface area contributed by atoms with Gasteiger partial charge in [0.25, 0.3) is 11.8 Å². The summed E-state index contributed by atoms with van der Waals surface area (Å²) in [6, 6.07) is 15.4. The van der Waals surface area contributed by atoms with E-state index in [-0.39, 0.29) is 18.9 Å². The van der Waals surface area contributed by atoms with Crippen LogP contribution in [0.4, 0.5) is 4.79 Å². The molecule has 0 bridgehead atoms. The second-order valence-electron chi connectivity index (χ2n) is 7.47. The number of imide groups is 1. The standard InChI is InChI=1S/C22H21Cl2N3O4/c23-17-5-1-15(2-6-17)21(16-3-7-18(24)8-4-16)25-11-13-26(14-12-25)22(30)31-27-19(28)9-10-20(27)29/h1-8,21H,9-14H2. The van der Waals surface area contributed by atoms with Crippen molar-refractivity contribution in [2.75, 3.05) is 26.2 Å². The first-order chi connectivity index (χ1) is 14.9. The maximum atomic E-state index is 12.4. The predicted octanol–water partition coefficient (Wildman–Crippen LogP) is 3.90. The van der Waals surface area contributed by atoms with Crippen LogP contribution in [0, 0.1) is 0 Å². The van der Waals surface area contributed by atoms with Crippen molar-refractivity contribution < 1.29 is 19.2 Å². The molecular weight excluding hydrogens is 441 g/mol. The maximum absolute atomic E-state index is 12.4. The van der Waals surface area contributed by atoms with Gasteiger partial charge in [0.1, 0.15) is 0 Å². The number of rotatable bonds is 4. The normalized spacial score (nSPS) is 17.5. The van der Waals surface area contributed by atoms with Gasteiger partial charge in [0.15, 0.2) is 0 Å². The molecule has 2 aromatic carbocycles. The minimum absolute atomic E-state index is 0.0329. The van der Waals surface area contributed by atoms with Crippen molar-refractivity contribution in [1.29, 1.82) is 0 Å². The highest BCUT2D eigenvalue weighted by atomic mass is 35.5. The molecule has 0 radical (unpaired) electrons. The molecule has 0 spiro atoms. The molecule has 2 heterocycles. The number of carbonyl (C=O) groups excluding carboxylic acids is 3. The lowest BCUT2D eigenvalue weighted by molar-refractivity contribution is -0.174. The van der Waals surface area contributed by atoms with Gasteiger partial charge in [-0.05, 0) is 35.4 Å². The number of halogens is 2. The molecule has 162 valence electrons. The summed E-state index contributed by atoms with van der Waals surface area (Å²) in [6.07, 6.45) is -0.536. The fourth-order valence-electron chi connectivity index (χ4n) is 3.86. The van der Waals surface area contributed by atoms with Gasteiger partial charge in [-0.1, -0.05) is 47.5 Å². The van der Waals surface area contributed by atoms with Crippen LogP contribution in [0.25, 0.3) is 0 Å². The van der Waals surface area contributed by atoms with Gasteiger partial charge in [0.2, 0.25) is 0 Å². The molecule has 2 aliphatic heterocycles. The summed E-state index contributed by atoms with van der Waals surface area (Å²) in [5.74, 6) is -0.968. The van der Waals surface area contributed by atoms with Gasteiger partial charge in [0, 0.05) is 49.1 Å². The Kier molecular flexibility index (Phi) is 6.46. The largest absolute Gasteiger partial charge is 0.434 e. The molecule has 0 saturated carbocycles. The van der Waals surface area contributed by atoms with Crippen LogP contribution in [0.5, 0.6) is 0 Å². The summed E-state index contributed by atoms with van der Waals surface area (Å²) in [6.45, 7) is 2.00. The number of benzene rings is 2. The summed E-state index contributed by atoms with van der Waals surface area (Å²) in [5.41, 5.74) is 2.16. The van der Waals surface area contributed by atoms with E-state index in [4.69, 9.17) is 28.0 Å². The number of hydrogen-bond acceptors (Lipinski definition) is 5. The second-order valence-corrected chi connectivity index (χ2v) is 8.34. The third kappa shape index (κ3) is 4.84.